The van der Waals surface area contributed by atoms with E-state index < -0.39 is 22.3 Å². The van der Waals surface area contributed by atoms with E-state index in [4.69, 9.17) is 15.2 Å². The number of nitrogens with two attached hydrogens (primary N) is 1. The van der Waals surface area contributed by atoms with Gasteiger partial charge in [0.2, 0.25) is 0 Å². The van der Waals surface area contributed by atoms with Crippen LogP contribution in [0.25, 0.3) is 11.1 Å². The Balaban J connectivity index is 0.00000380. The van der Waals surface area contributed by atoms with E-state index in [1.165, 1.54) is 18.3 Å². The molecule has 0 fully saturated rings. The number of carbonyl (C=O) groups excluding carboxylic acids is 2. The fraction of sp³-hybridized carbons (Fsp3) is 0.0800. The number of nitrogens with zero attached hydrogens (tertiary/aromatic N) is 2. The molecule has 0 saturated carbocycles. The number of hydrogen-bond acceptors (Lipinski definition) is 8. The quantitative estimate of drug-likeness (QED) is 0.262. The van der Waals surface area contributed by atoms with E-state index in [9.17, 15) is 18.0 Å². The number of aromatic nitrogens is 2. The van der Waals surface area contributed by atoms with Crippen LogP contribution in [-0.4, -0.2) is 59.0 Å². The number of esters is 1. The molecule has 2 heterocycles. The minimum atomic E-state index is -4.57. The van der Waals surface area contributed by atoms with Crippen molar-refractivity contribution in [3.8, 4) is 11.1 Å². The minimum absolute atomic E-state index is 0. The van der Waals surface area contributed by atoms with Gasteiger partial charge < -0.3 is 15.2 Å². The summed E-state index contributed by atoms with van der Waals surface area (Å²) >= 11 is 0. The van der Waals surface area contributed by atoms with Crippen molar-refractivity contribution >= 4 is 57.6 Å². The first-order valence-corrected chi connectivity index (χ1v) is 12.2. The summed E-state index contributed by atoms with van der Waals surface area (Å²) in [6, 6.07) is 22.2. The molecule has 4 aromatic rings. The third kappa shape index (κ3) is 7.20. The van der Waals surface area contributed by atoms with Gasteiger partial charge in [-0.15, -0.1) is 0 Å². The number of anilines is 1. The number of hydrogen-bond donors (Lipinski definition) is 2. The fourth-order valence-electron chi connectivity index (χ4n) is 3.31. The van der Waals surface area contributed by atoms with Crippen LogP contribution in [0.3, 0.4) is 0 Å². The summed E-state index contributed by atoms with van der Waals surface area (Å²) in [6.45, 7) is -0.223. The predicted molar refractivity (Wildman–Crippen MR) is 139 cm³/mol. The molecular weight excluding hydrogens is 507 g/mol. The number of carbonyl (C=O) groups is 2. The summed E-state index contributed by atoms with van der Waals surface area (Å²) in [5, 5.41) is 0. The van der Waals surface area contributed by atoms with Crippen LogP contribution in [-0.2, 0) is 32.9 Å². The van der Waals surface area contributed by atoms with E-state index in [1.54, 1.807) is 60.7 Å². The van der Waals surface area contributed by atoms with Gasteiger partial charge in [0.15, 0.2) is 5.69 Å². The number of ether oxygens (including phenoxy) is 2. The Kier molecular flexibility index (Phi) is 9.48. The van der Waals surface area contributed by atoms with E-state index in [-0.39, 0.29) is 59.8 Å². The molecular formula is C25H23N4NaO6S. The molecule has 3 N–H and O–H groups in total. The van der Waals surface area contributed by atoms with Crippen LogP contribution in [0.15, 0.2) is 91.3 Å². The van der Waals surface area contributed by atoms with Crippen LogP contribution < -0.4 is 10.5 Å². The van der Waals surface area contributed by atoms with Crippen LogP contribution in [0, 0.1) is 0 Å². The zero-order valence-corrected chi connectivity index (χ0v) is 19.7. The Morgan fingerprint density at radius 2 is 1.46 bits per heavy atom. The molecule has 0 atom stereocenters. The van der Waals surface area contributed by atoms with Crippen LogP contribution in [0.5, 0.6) is 0 Å². The fourth-order valence-corrected chi connectivity index (χ4v) is 4.31. The number of nitrogen functional groups attached to an aromatic ring is 1. The molecule has 2 aromatic heterocycles. The third-order valence-electron chi connectivity index (χ3n) is 5.04. The van der Waals surface area contributed by atoms with Gasteiger partial charge in [0.05, 0.1) is 0 Å². The monoisotopic (exact) mass is 530 g/mol. The Bertz CT molecular complexity index is 1460. The first kappa shape index (κ1) is 27.9. The Morgan fingerprint density at radius 3 is 2.03 bits per heavy atom. The molecule has 37 heavy (non-hydrogen) atoms. The number of pyridine rings is 1. The van der Waals surface area contributed by atoms with E-state index in [0.29, 0.717) is 20.7 Å². The second kappa shape index (κ2) is 12.5. The summed E-state index contributed by atoms with van der Waals surface area (Å²) in [5.74, 6) is -0.666. The topological polar surface area (TPSA) is 143 Å². The van der Waals surface area contributed by atoms with Crippen molar-refractivity contribution in [1.29, 1.82) is 0 Å². The Morgan fingerprint density at radius 1 is 0.865 bits per heavy atom. The molecule has 0 radical (unpaired) electrons. The summed E-state index contributed by atoms with van der Waals surface area (Å²) in [6.07, 6.45) is 1.33. The molecule has 0 aliphatic rings. The molecule has 12 heteroatoms. The molecule has 10 nitrogen and oxygen atoms in total. The maximum atomic E-state index is 13.1. The van der Waals surface area contributed by atoms with Crippen LogP contribution in [0.2, 0.25) is 0 Å². The summed E-state index contributed by atoms with van der Waals surface area (Å²) in [5.41, 5.74) is 7.37. The third-order valence-corrected chi connectivity index (χ3v) is 6.29. The normalized spacial score (nSPS) is 10.7. The van der Waals surface area contributed by atoms with Gasteiger partial charge in [-0.05, 0) is 29.3 Å². The van der Waals surface area contributed by atoms with Crippen molar-refractivity contribution in [2.75, 3.05) is 5.73 Å². The zero-order valence-electron chi connectivity index (χ0n) is 18.9. The SMILES string of the molecule is Nc1ccc(-c2ccn(S(=O)(=O)NC(=O)OCc3ccccc3)c2C(=O)OCc2ccccc2)cn1.[NaH]. The summed E-state index contributed by atoms with van der Waals surface area (Å²) in [4.78, 5) is 29.4. The number of amides is 1. The van der Waals surface area contributed by atoms with E-state index >= 15 is 0 Å². The number of benzene rings is 2. The summed E-state index contributed by atoms with van der Waals surface area (Å²) in [7, 11) is -4.57. The van der Waals surface area contributed by atoms with Crippen molar-refractivity contribution in [1.82, 2.24) is 13.7 Å². The standard InChI is InChI=1S/C25H22N4O6S.Na.H/c26-22-12-11-20(15-27-22)21-13-14-29(23(21)24(30)34-16-18-7-3-1-4-8-18)36(32,33)28-25(31)35-17-19-9-5-2-6-10-19;;/h1-15H,16-17H2,(H2,26,27)(H,28,31);;. The molecule has 4 rings (SSSR count). The van der Waals surface area contributed by atoms with E-state index in [1.807, 2.05) is 10.8 Å². The van der Waals surface area contributed by atoms with Gasteiger partial charge in [-0.25, -0.2) is 23.3 Å². The van der Waals surface area contributed by atoms with Crippen LogP contribution >= 0.6 is 0 Å². The predicted octanol–water partition coefficient (Wildman–Crippen LogP) is 2.86. The molecule has 0 aliphatic carbocycles. The van der Waals surface area contributed by atoms with Crippen LogP contribution in [0.4, 0.5) is 10.6 Å². The van der Waals surface area contributed by atoms with Crippen molar-refractivity contribution in [3.63, 3.8) is 0 Å². The molecule has 2 aromatic carbocycles. The molecule has 0 bridgehead atoms. The van der Waals surface area contributed by atoms with Gasteiger partial charge in [-0.1, -0.05) is 60.7 Å². The molecule has 186 valence electrons. The maximum absolute atomic E-state index is 13.1. The van der Waals surface area contributed by atoms with Gasteiger partial charge in [-0.3, -0.25) is 0 Å². The van der Waals surface area contributed by atoms with Gasteiger partial charge in [0, 0.05) is 23.5 Å². The molecule has 1 amide bonds. The van der Waals surface area contributed by atoms with Crippen molar-refractivity contribution in [2.45, 2.75) is 13.2 Å². The van der Waals surface area contributed by atoms with E-state index in [2.05, 4.69) is 4.98 Å². The van der Waals surface area contributed by atoms with Crippen molar-refractivity contribution in [2.24, 2.45) is 0 Å². The molecule has 0 saturated heterocycles. The second-order valence-electron chi connectivity index (χ2n) is 7.58. The first-order chi connectivity index (χ1) is 17.3. The molecule has 0 spiro atoms. The Labute approximate surface area is 235 Å². The van der Waals surface area contributed by atoms with Gasteiger partial charge in [0.25, 0.3) is 0 Å². The van der Waals surface area contributed by atoms with Gasteiger partial charge >= 0.3 is 51.8 Å². The van der Waals surface area contributed by atoms with Gasteiger partial charge in [0.1, 0.15) is 19.0 Å². The Hall–Kier alpha value is -3.64. The molecule has 0 aliphatic heterocycles. The number of nitrogens with one attached hydrogen (secondary N) is 1. The van der Waals surface area contributed by atoms with E-state index in [0.717, 1.165) is 6.20 Å². The van der Waals surface area contributed by atoms with Crippen LogP contribution in [0.1, 0.15) is 21.6 Å². The van der Waals surface area contributed by atoms with Gasteiger partial charge in [-0.2, -0.15) is 8.42 Å². The average Bonchev–Trinajstić information content (AvgIpc) is 3.34. The first-order valence-electron chi connectivity index (χ1n) is 10.7. The van der Waals surface area contributed by atoms with Crippen molar-refractivity contribution in [3.05, 3.63) is 108 Å². The van der Waals surface area contributed by atoms with Crippen molar-refractivity contribution < 1.29 is 27.5 Å². The summed E-state index contributed by atoms with van der Waals surface area (Å²) < 4.78 is 39.0. The molecule has 0 unspecified atom stereocenters. The second-order valence-corrected chi connectivity index (χ2v) is 9.12. The average molecular weight is 531 g/mol. The zero-order chi connectivity index (χ0) is 25.5. The number of rotatable bonds is 8.